The number of nitrogens with zero attached hydrogens (tertiary/aromatic N) is 1. The van der Waals surface area contributed by atoms with Crippen molar-refractivity contribution >= 4 is 22.8 Å². The molecule has 1 aromatic carbocycles. The van der Waals surface area contributed by atoms with Gasteiger partial charge in [-0.15, -0.1) is 13.2 Å². The Balaban J connectivity index is 2.38. The number of fused-ring (bicyclic) bond motifs is 1. The van der Waals surface area contributed by atoms with Crippen LogP contribution in [-0.2, 0) is 28.8 Å². The maximum Gasteiger partial charge on any atom is 0.360 e. The van der Waals surface area contributed by atoms with Gasteiger partial charge in [0.25, 0.3) is 0 Å². The van der Waals surface area contributed by atoms with Crippen molar-refractivity contribution in [1.82, 2.24) is 9.97 Å². The highest BCUT2D eigenvalue weighted by atomic mass is 16.5. The second kappa shape index (κ2) is 10.5. The van der Waals surface area contributed by atoms with Gasteiger partial charge in [0.15, 0.2) is 11.4 Å². The zero-order chi connectivity index (χ0) is 24.9. The molecule has 0 aliphatic heterocycles. The van der Waals surface area contributed by atoms with Crippen LogP contribution in [0, 0.1) is 5.41 Å². The molecule has 6 nitrogen and oxygen atoms in total. The van der Waals surface area contributed by atoms with Crippen LogP contribution in [-0.4, -0.2) is 28.5 Å². The van der Waals surface area contributed by atoms with E-state index in [9.17, 15) is 9.59 Å². The van der Waals surface area contributed by atoms with Gasteiger partial charge in [-0.1, -0.05) is 42.5 Å². The molecular formula is C28H32N2O4. The summed E-state index contributed by atoms with van der Waals surface area (Å²) < 4.78 is 11.2. The number of esters is 2. The number of H-pyrrole nitrogens is 1. The lowest BCUT2D eigenvalue weighted by atomic mass is 9.97. The van der Waals surface area contributed by atoms with Gasteiger partial charge in [0.2, 0.25) is 0 Å². The number of pyridine rings is 1. The number of carbonyl (C=O) groups excluding carboxylic acids is 2. The van der Waals surface area contributed by atoms with E-state index in [1.165, 1.54) is 0 Å². The van der Waals surface area contributed by atoms with Gasteiger partial charge in [-0.2, -0.15) is 0 Å². The molecule has 3 aromatic rings. The minimum Gasteiger partial charge on any atom is -0.461 e. The molecule has 0 amide bonds. The van der Waals surface area contributed by atoms with Gasteiger partial charge in [0.05, 0.1) is 28.6 Å². The molecule has 0 atom stereocenters. The fourth-order valence-corrected chi connectivity index (χ4v) is 3.71. The molecule has 2 heterocycles. The van der Waals surface area contributed by atoms with Crippen molar-refractivity contribution in [3.05, 3.63) is 83.9 Å². The first kappa shape index (κ1) is 25.0. The van der Waals surface area contributed by atoms with E-state index in [0.717, 1.165) is 22.3 Å². The van der Waals surface area contributed by atoms with Crippen LogP contribution in [0.15, 0.2) is 55.6 Å². The average Bonchev–Trinajstić information content (AvgIpc) is 3.14. The summed E-state index contributed by atoms with van der Waals surface area (Å²) in [7, 11) is 0. The van der Waals surface area contributed by atoms with Crippen molar-refractivity contribution in [2.24, 2.45) is 5.41 Å². The first-order valence-electron chi connectivity index (χ1n) is 11.4. The number of nitrogens with one attached hydrogen (secondary N) is 1. The molecule has 0 bridgehead atoms. The average molecular weight is 461 g/mol. The fourth-order valence-electron chi connectivity index (χ4n) is 3.71. The van der Waals surface area contributed by atoms with E-state index in [2.05, 4.69) is 23.1 Å². The van der Waals surface area contributed by atoms with Crippen LogP contribution in [0.4, 0.5) is 0 Å². The van der Waals surface area contributed by atoms with Crippen LogP contribution >= 0.6 is 0 Å². The van der Waals surface area contributed by atoms with Crippen LogP contribution in [0.25, 0.3) is 10.9 Å². The standard InChI is InChI=1S/C28H32N2O4/c1-7-13-19-20(14-8-2)29-23-21(17-18-15-11-10-12-16-18)30-24(26(31)33-9-3)25(22(19)23)34-27(32)28(4,5)6/h7-8,10-12,15-16,29H,1-2,9,13-14,17H2,3-6H3. The minimum absolute atomic E-state index is 0.00709. The van der Waals surface area contributed by atoms with E-state index in [1.54, 1.807) is 39.8 Å². The number of hydrogen-bond donors (Lipinski definition) is 1. The molecule has 0 saturated heterocycles. The third-order valence-electron chi connectivity index (χ3n) is 5.36. The fraction of sp³-hybridized carbons (Fsp3) is 0.321. The normalized spacial score (nSPS) is 11.3. The van der Waals surface area contributed by atoms with Gasteiger partial charge in [0, 0.05) is 18.5 Å². The summed E-state index contributed by atoms with van der Waals surface area (Å²) in [5, 5.41) is 0.651. The third kappa shape index (κ3) is 5.28. The quantitative estimate of drug-likeness (QED) is 0.325. The number of aromatic amines is 1. The predicted octanol–water partition coefficient (Wildman–Crippen LogP) is 5.74. The van der Waals surface area contributed by atoms with E-state index < -0.39 is 17.4 Å². The van der Waals surface area contributed by atoms with Crippen molar-refractivity contribution in [2.75, 3.05) is 6.61 Å². The van der Waals surface area contributed by atoms with Gasteiger partial charge >= 0.3 is 11.9 Å². The lowest BCUT2D eigenvalue weighted by molar-refractivity contribution is -0.142. The SMILES string of the molecule is C=CCc1[nH]c2c(Cc3ccccc3)nc(C(=O)OCC)c(OC(=O)C(C)(C)C)c2c1CC=C. The summed E-state index contributed by atoms with van der Waals surface area (Å²) in [4.78, 5) is 34.1. The summed E-state index contributed by atoms with van der Waals surface area (Å²) in [5.41, 5.74) is 3.45. The van der Waals surface area contributed by atoms with Gasteiger partial charge in [-0.25, -0.2) is 9.78 Å². The second-order valence-electron chi connectivity index (χ2n) is 9.08. The van der Waals surface area contributed by atoms with Crippen molar-refractivity contribution in [1.29, 1.82) is 0 Å². The molecule has 3 rings (SSSR count). The molecule has 1 N–H and O–H groups in total. The Hall–Kier alpha value is -3.67. The Bertz CT molecular complexity index is 1220. The molecule has 0 spiro atoms. The minimum atomic E-state index is -0.778. The lowest BCUT2D eigenvalue weighted by Gasteiger charge is -2.19. The number of rotatable bonds is 9. The zero-order valence-electron chi connectivity index (χ0n) is 20.4. The van der Waals surface area contributed by atoms with Crippen LogP contribution < -0.4 is 4.74 Å². The highest BCUT2D eigenvalue weighted by Gasteiger charge is 2.31. The molecule has 34 heavy (non-hydrogen) atoms. The lowest BCUT2D eigenvalue weighted by Crippen LogP contribution is -2.27. The molecule has 2 aromatic heterocycles. The molecule has 0 aliphatic carbocycles. The Morgan fingerprint density at radius 3 is 2.35 bits per heavy atom. The highest BCUT2D eigenvalue weighted by molar-refractivity contribution is 6.03. The zero-order valence-corrected chi connectivity index (χ0v) is 20.4. The number of ether oxygens (including phenoxy) is 2. The largest absolute Gasteiger partial charge is 0.461 e. The number of carbonyl (C=O) groups is 2. The summed E-state index contributed by atoms with van der Waals surface area (Å²) in [6, 6.07) is 9.87. The molecule has 6 heteroatoms. The predicted molar refractivity (Wildman–Crippen MR) is 134 cm³/mol. The van der Waals surface area contributed by atoms with Gasteiger partial charge in [-0.3, -0.25) is 4.79 Å². The first-order valence-corrected chi connectivity index (χ1v) is 11.4. The molecule has 0 saturated carbocycles. The summed E-state index contributed by atoms with van der Waals surface area (Å²) in [6.45, 7) is 15.0. The number of aromatic nitrogens is 2. The Labute approximate surface area is 200 Å². The Kier molecular flexibility index (Phi) is 7.72. The maximum atomic E-state index is 13.0. The first-order chi connectivity index (χ1) is 16.2. The number of benzene rings is 1. The van der Waals surface area contributed by atoms with E-state index in [4.69, 9.17) is 9.47 Å². The topological polar surface area (TPSA) is 81.3 Å². The molecule has 0 aliphatic rings. The Morgan fingerprint density at radius 1 is 1.09 bits per heavy atom. The third-order valence-corrected chi connectivity index (χ3v) is 5.36. The van der Waals surface area contributed by atoms with Crippen LogP contribution in [0.2, 0.25) is 0 Å². The molecule has 178 valence electrons. The summed E-state index contributed by atoms with van der Waals surface area (Å²) in [6.07, 6.45) is 5.16. The van der Waals surface area contributed by atoms with Gasteiger partial charge < -0.3 is 14.5 Å². The van der Waals surface area contributed by atoms with Crippen molar-refractivity contribution in [3.63, 3.8) is 0 Å². The van der Waals surface area contributed by atoms with E-state index in [0.29, 0.717) is 30.3 Å². The smallest absolute Gasteiger partial charge is 0.360 e. The van der Waals surface area contributed by atoms with Crippen LogP contribution in [0.1, 0.15) is 60.7 Å². The monoisotopic (exact) mass is 460 g/mol. The second-order valence-corrected chi connectivity index (χ2v) is 9.08. The molecular weight excluding hydrogens is 428 g/mol. The van der Waals surface area contributed by atoms with Gasteiger partial charge in [-0.05, 0) is 45.2 Å². The van der Waals surface area contributed by atoms with Crippen molar-refractivity contribution < 1.29 is 19.1 Å². The van der Waals surface area contributed by atoms with E-state index in [1.807, 2.05) is 30.3 Å². The van der Waals surface area contributed by atoms with Crippen LogP contribution in [0.3, 0.4) is 0 Å². The Morgan fingerprint density at radius 2 is 1.76 bits per heavy atom. The van der Waals surface area contributed by atoms with E-state index >= 15 is 0 Å². The van der Waals surface area contributed by atoms with Gasteiger partial charge in [0.1, 0.15) is 0 Å². The van der Waals surface area contributed by atoms with Crippen molar-refractivity contribution in [3.8, 4) is 5.75 Å². The number of hydrogen-bond acceptors (Lipinski definition) is 5. The summed E-state index contributed by atoms with van der Waals surface area (Å²) in [5.74, 6) is -0.979. The molecule has 0 fully saturated rings. The maximum absolute atomic E-state index is 13.0. The summed E-state index contributed by atoms with van der Waals surface area (Å²) >= 11 is 0. The highest BCUT2D eigenvalue weighted by Crippen LogP contribution is 2.38. The molecule has 0 radical (unpaired) electrons. The number of allylic oxidation sites excluding steroid dienone is 2. The van der Waals surface area contributed by atoms with Crippen molar-refractivity contribution in [2.45, 2.75) is 47.0 Å². The molecule has 0 unspecified atom stereocenters. The van der Waals surface area contributed by atoms with E-state index in [-0.39, 0.29) is 18.1 Å². The van der Waals surface area contributed by atoms with Crippen LogP contribution in [0.5, 0.6) is 5.75 Å².